The first-order valence-electron chi connectivity index (χ1n) is 8.34. The number of rotatable bonds is 7. The van der Waals surface area contributed by atoms with Crippen molar-refractivity contribution in [2.75, 3.05) is 45.8 Å². The van der Waals surface area contributed by atoms with Gasteiger partial charge in [-0.3, -0.25) is 14.5 Å². The Morgan fingerprint density at radius 1 is 1.04 bits per heavy atom. The van der Waals surface area contributed by atoms with Crippen LogP contribution in [0.3, 0.4) is 0 Å². The van der Waals surface area contributed by atoms with E-state index in [0.29, 0.717) is 19.6 Å². The lowest BCUT2D eigenvalue weighted by atomic mass is 10.3. The first-order chi connectivity index (χ1) is 12.3. The van der Waals surface area contributed by atoms with Crippen LogP contribution in [0, 0.1) is 5.82 Å². The van der Waals surface area contributed by atoms with E-state index >= 15 is 0 Å². The van der Waals surface area contributed by atoms with E-state index in [2.05, 4.69) is 10.6 Å². The lowest BCUT2D eigenvalue weighted by molar-refractivity contribution is -0.126. The summed E-state index contributed by atoms with van der Waals surface area (Å²) in [6.45, 7) is 3.59. The summed E-state index contributed by atoms with van der Waals surface area (Å²) in [7, 11) is -3.67. The molecule has 0 radical (unpaired) electrons. The van der Waals surface area contributed by atoms with Gasteiger partial charge in [-0.25, -0.2) is 12.8 Å². The Labute approximate surface area is 152 Å². The first kappa shape index (κ1) is 20.3. The minimum absolute atomic E-state index is 0.0482. The molecule has 0 spiro atoms. The lowest BCUT2D eigenvalue weighted by Gasteiger charge is -2.33. The van der Waals surface area contributed by atoms with E-state index in [1.54, 1.807) is 6.92 Å². The third-order valence-corrected chi connectivity index (χ3v) is 5.88. The minimum Gasteiger partial charge on any atom is -0.355 e. The van der Waals surface area contributed by atoms with Crippen LogP contribution in [0.2, 0.25) is 0 Å². The van der Waals surface area contributed by atoms with E-state index in [1.165, 1.54) is 16.4 Å². The number of hydrogen-bond donors (Lipinski definition) is 2. The van der Waals surface area contributed by atoms with Gasteiger partial charge in [-0.15, -0.1) is 0 Å². The van der Waals surface area contributed by atoms with E-state index in [9.17, 15) is 22.4 Å². The largest absolute Gasteiger partial charge is 0.355 e. The third-order valence-electron chi connectivity index (χ3n) is 3.97. The molecule has 8 nitrogen and oxygen atoms in total. The summed E-state index contributed by atoms with van der Waals surface area (Å²) >= 11 is 0. The number of carbonyl (C=O) groups excluding carboxylic acids is 2. The van der Waals surface area contributed by atoms with Crippen LogP contribution >= 0.6 is 0 Å². The zero-order chi connectivity index (χ0) is 19.2. The maximum Gasteiger partial charge on any atom is 0.243 e. The number of likely N-dealkylation sites (N-methyl/N-ethyl adjacent to an activating group) is 1. The van der Waals surface area contributed by atoms with Crippen molar-refractivity contribution < 1.29 is 22.4 Å². The number of sulfonamides is 1. The Kier molecular flexibility index (Phi) is 7.06. The van der Waals surface area contributed by atoms with Crippen LogP contribution in [-0.2, 0) is 19.6 Å². The Balaban J connectivity index is 1.82. The van der Waals surface area contributed by atoms with Crippen LogP contribution in [0.25, 0.3) is 0 Å². The van der Waals surface area contributed by atoms with Crippen molar-refractivity contribution in [1.29, 1.82) is 0 Å². The fraction of sp³-hybridized carbons (Fsp3) is 0.500. The molecule has 1 fully saturated rings. The zero-order valence-electron chi connectivity index (χ0n) is 14.6. The van der Waals surface area contributed by atoms with Crippen molar-refractivity contribution in [3.8, 4) is 0 Å². The second kappa shape index (κ2) is 9.06. The predicted molar refractivity (Wildman–Crippen MR) is 93.3 cm³/mol. The van der Waals surface area contributed by atoms with Crippen molar-refractivity contribution in [2.24, 2.45) is 0 Å². The fourth-order valence-corrected chi connectivity index (χ4v) is 4.00. The summed E-state index contributed by atoms with van der Waals surface area (Å²) in [5, 5.41) is 5.11. The fourth-order valence-electron chi connectivity index (χ4n) is 2.58. The van der Waals surface area contributed by atoms with Crippen molar-refractivity contribution in [3.63, 3.8) is 0 Å². The zero-order valence-corrected chi connectivity index (χ0v) is 15.4. The van der Waals surface area contributed by atoms with Crippen molar-refractivity contribution >= 4 is 21.8 Å². The van der Waals surface area contributed by atoms with Crippen LogP contribution in [0.5, 0.6) is 0 Å². The highest BCUT2D eigenvalue weighted by Gasteiger charge is 2.29. The quantitative estimate of drug-likeness (QED) is 0.651. The van der Waals surface area contributed by atoms with E-state index in [0.717, 1.165) is 12.1 Å². The van der Waals surface area contributed by atoms with Crippen LogP contribution in [0.4, 0.5) is 4.39 Å². The Morgan fingerprint density at radius 2 is 1.65 bits per heavy atom. The summed E-state index contributed by atoms with van der Waals surface area (Å²) in [6.07, 6.45) is 0. The van der Waals surface area contributed by atoms with Gasteiger partial charge in [-0.2, -0.15) is 4.31 Å². The molecule has 2 amide bonds. The van der Waals surface area contributed by atoms with E-state index in [4.69, 9.17) is 0 Å². The van der Waals surface area contributed by atoms with E-state index in [-0.39, 0.29) is 42.9 Å². The number of amides is 2. The SMILES string of the molecule is CCNC(=O)CNC(=O)CN1CCN(S(=O)(=O)c2ccc(F)cc2)CC1. The van der Waals surface area contributed by atoms with Gasteiger partial charge in [-0.05, 0) is 31.2 Å². The van der Waals surface area contributed by atoms with Gasteiger partial charge in [0.1, 0.15) is 5.82 Å². The molecule has 2 N–H and O–H groups in total. The molecule has 1 heterocycles. The average molecular weight is 386 g/mol. The second-order valence-corrected chi connectivity index (χ2v) is 7.80. The molecule has 0 aromatic heterocycles. The van der Waals surface area contributed by atoms with Gasteiger partial charge in [0.25, 0.3) is 0 Å². The summed E-state index contributed by atoms with van der Waals surface area (Å²) in [6, 6.07) is 4.71. The number of nitrogens with zero attached hydrogens (tertiary/aromatic N) is 2. The molecule has 1 aliphatic rings. The molecule has 0 saturated carbocycles. The number of benzene rings is 1. The monoisotopic (exact) mass is 386 g/mol. The van der Waals surface area contributed by atoms with Crippen LogP contribution < -0.4 is 10.6 Å². The molecular weight excluding hydrogens is 363 g/mol. The van der Waals surface area contributed by atoms with Gasteiger partial charge in [0.05, 0.1) is 18.0 Å². The highest BCUT2D eigenvalue weighted by atomic mass is 32.2. The molecule has 1 aliphatic heterocycles. The number of piperazine rings is 1. The van der Waals surface area contributed by atoms with Gasteiger partial charge < -0.3 is 10.6 Å². The molecule has 10 heteroatoms. The molecule has 0 atom stereocenters. The third kappa shape index (κ3) is 5.48. The van der Waals surface area contributed by atoms with Gasteiger partial charge >= 0.3 is 0 Å². The van der Waals surface area contributed by atoms with Gasteiger partial charge in [0, 0.05) is 32.7 Å². The molecule has 1 aromatic carbocycles. The van der Waals surface area contributed by atoms with E-state index in [1.807, 2.05) is 4.90 Å². The number of nitrogens with one attached hydrogen (secondary N) is 2. The van der Waals surface area contributed by atoms with E-state index < -0.39 is 15.8 Å². The molecule has 0 bridgehead atoms. The average Bonchev–Trinajstić information content (AvgIpc) is 2.61. The van der Waals surface area contributed by atoms with Crippen LogP contribution in [0.15, 0.2) is 29.2 Å². The summed E-state index contributed by atoms with van der Waals surface area (Å²) in [4.78, 5) is 25.0. The summed E-state index contributed by atoms with van der Waals surface area (Å²) in [5.74, 6) is -1.03. The molecule has 26 heavy (non-hydrogen) atoms. The van der Waals surface area contributed by atoms with Crippen molar-refractivity contribution in [3.05, 3.63) is 30.1 Å². The smallest absolute Gasteiger partial charge is 0.243 e. The predicted octanol–water partition coefficient (Wildman–Crippen LogP) is -0.616. The Hall–Kier alpha value is -2.04. The number of hydrogen-bond acceptors (Lipinski definition) is 5. The Morgan fingerprint density at radius 3 is 2.23 bits per heavy atom. The van der Waals surface area contributed by atoms with Gasteiger partial charge in [0.2, 0.25) is 21.8 Å². The maximum absolute atomic E-state index is 13.0. The summed E-state index contributed by atoms with van der Waals surface area (Å²) < 4.78 is 39.3. The number of carbonyl (C=O) groups is 2. The van der Waals surface area contributed by atoms with Crippen molar-refractivity contribution in [2.45, 2.75) is 11.8 Å². The number of halogens is 1. The molecular formula is C16H23FN4O4S. The van der Waals surface area contributed by atoms with Crippen LogP contribution in [-0.4, -0.2) is 75.3 Å². The Bertz CT molecular complexity index is 731. The molecule has 1 aromatic rings. The molecule has 2 rings (SSSR count). The topological polar surface area (TPSA) is 98.8 Å². The van der Waals surface area contributed by atoms with Crippen LogP contribution in [0.1, 0.15) is 6.92 Å². The molecule has 1 saturated heterocycles. The highest BCUT2D eigenvalue weighted by Crippen LogP contribution is 2.17. The standard InChI is InChI=1S/C16H23FN4O4S/c1-2-18-15(22)11-19-16(23)12-20-7-9-21(10-8-20)26(24,25)14-5-3-13(17)4-6-14/h3-6H,2,7-12H2,1H3,(H,18,22)(H,19,23). The molecule has 0 unspecified atom stereocenters. The first-order valence-corrected chi connectivity index (χ1v) is 9.78. The van der Waals surface area contributed by atoms with Gasteiger partial charge in [0.15, 0.2) is 0 Å². The lowest BCUT2D eigenvalue weighted by Crippen LogP contribution is -2.51. The summed E-state index contributed by atoms with van der Waals surface area (Å²) in [5.41, 5.74) is 0. The highest BCUT2D eigenvalue weighted by molar-refractivity contribution is 7.89. The van der Waals surface area contributed by atoms with Gasteiger partial charge in [-0.1, -0.05) is 0 Å². The second-order valence-electron chi connectivity index (χ2n) is 5.86. The normalized spacial score (nSPS) is 16.2. The van der Waals surface area contributed by atoms with Crippen molar-refractivity contribution in [1.82, 2.24) is 19.8 Å². The molecule has 0 aliphatic carbocycles. The maximum atomic E-state index is 13.0. The molecule has 144 valence electrons. The minimum atomic E-state index is -3.67.